The predicted octanol–water partition coefficient (Wildman–Crippen LogP) is -0.480. The zero-order valence-corrected chi connectivity index (χ0v) is 15.1. The van der Waals surface area contributed by atoms with E-state index in [2.05, 4.69) is 0 Å². The van der Waals surface area contributed by atoms with Crippen molar-refractivity contribution < 1.29 is 22.7 Å². The average Bonchev–Trinajstić information content (AvgIpc) is 2.52. The van der Waals surface area contributed by atoms with Gasteiger partial charge in [-0.25, -0.2) is 0 Å². The first-order valence-electron chi connectivity index (χ1n) is 7.98. The van der Waals surface area contributed by atoms with Gasteiger partial charge in [0.2, 0.25) is 0 Å². The number of carbonyl (C=O) groups is 1. The van der Waals surface area contributed by atoms with E-state index in [0.717, 1.165) is 0 Å². The summed E-state index contributed by atoms with van der Waals surface area (Å²) in [4.78, 5) is 13.5. The smallest absolute Gasteiger partial charge is 0.322 e. The lowest BCUT2D eigenvalue weighted by Gasteiger charge is -2.41. The van der Waals surface area contributed by atoms with Crippen LogP contribution in [0.3, 0.4) is 0 Å². The van der Waals surface area contributed by atoms with E-state index in [1.54, 1.807) is 6.92 Å². The molecule has 0 radical (unpaired) electrons. The minimum atomic E-state index is -3.48. The van der Waals surface area contributed by atoms with Crippen molar-refractivity contribution in [2.24, 2.45) is 0 Å². The van der Waals surface area contributed by atoms with Gasteiger partial charge < -0.3 is 9.47 Å². The number of ether oxygens (including phenoxy) is 2. The highest BCUT2D eigenvalue weighted by Gasteiger charge is 2.37. The maximum Gasteiger partial charge on any atom is 0.322 e. The summed E-state index contributed by atoms with van der Waals surface area (Å²) in [5.41, 5.74) is 0. The summed E-state index contributed by atoms with van der Waals surface area (Å²) in [5.74, 6) is -0.294. The van der Waals surface area contributed by atoms with Crippen molar-refractivity contribution in [1.82, 2.24) is 13.5 Å². The highest BCUT2D eigenvalue weighted by molar-refractivity contribution is 7.86. The summed E-state index contributed by atoms with van der Waals surface area (Å²) >= 11 is 0. The number of esters is 1. The molecule has 2 aliphatic rings. The van der Waals surface area contributed by atoms with Gasteiger partial charge in [0.25, 0.3) is 10.2 Å². The number of hydrogen-bond acceptors (Lipinski definition) is 6. The fourth-order valence-corrected chi connectivity index (χ4v) is 4.87. The van der Waals surface area contributed by atoms with Crippen LogP contribution in [0, 0.1) is 0 Å². The van der Waals surface area contributed by atoms with Crippen LogP contribution < -0.4 is 0 Å². The molecule has 0 amide bonds. The Balaban J connectivity index is 1.97. The first-order chi connectivity index (χ1) is 10.8. The maximum atomic E-state index is 12.8. The first kappa shape index (κ1) is 18.6. The third-order valence-electron chi connectivity index (χ3n) is 4.40. The third-order valence-corrected chi connectivity index (χ3v) is 6.37. The molecule has 2 saturated heterocycles. The van der Waals surface area contributed by atoms with E-state index in [1.807, 2.05) is 18.7 Å². The van der Waals surface area contributed by atoms with Gasteiger partial charge in [-0.1, -0.05) is 0 Å². The normalized spacial score (nSPS) is 30.1. The Labute approximate surface area is 138 Å². The molecule has 0 aliphatic carbocycles. The summed E-state index contributed by atoms with van der Waals surface area (Å²) in [5, 5.41) is 0. The zero-order valence-electron chi connectivity index (χ0n) is 14.3. The van der Waals surface area contributed by atoms with E-state index in [9.17, 15) is 13.2 Å². The Hall–Kier alpha value is -0.740. The van der Waals surface area contributed by atoms with Gasteiger partial charge in [-0.15, -0.1) is 0 Å². The van der Waals surface area contributed by atoms with E-state index in [0.29, 0.717) is 39.3 Å². The summed E-state index contributed by atoms with van der Waals surface area (Å²) < 4.78 is 38.9. The highest BCUT2D eigenvalue weighted by atomic mass is 32.2. The molecule has 0 unspecified atom stereocenters. The molecule has 2 heterocycles. The molecule has 23 heavy (non-hydrogen) atoms. The number of methoxy groups -OCH3 is 1. The second-order valence-corrected chi connectivity index (χ2v) is 8.14. The van der Waals surface area contributed by atoms with Crippen molar-refractivity contribution in [2.45, 2.75) is 39.0 Å². The van der Waals surface area contributed by atoms with Crippen molar-refractivity contribution in [3.63, 3.8) is 0 Å². The molecule has 8 nitrogen and oxygen atoms in total. The highest BCUT2D eigenvalue weighted by Crippen LogP contribution is 2.19. The fraction of sp³-hybridized carbons (Fsp3) is 0.929. The van der Waals surface area contributed by atoms with Gasteiger partial charge in [-0.3, -0.25) is 9.69 Å². The molecular weight excluding hydrogens is 322 g/mol. The largest absolute Gasteiger partial charge is 0.468 e. The van der Waals surface area contributed by atoms with Gasteiger partial charge in [0, 0.05) is 39.3 Å². The van der Waals surface area contributed by atoms with Gasteiger partial charge >= 0.3 is 5.97 Å². The molecule has 0 N–H and O–H groups in total. The molecule has 0 aromatic rings. The number of piperazine rings is 1. The molecule has 2 aliphatic heterocycles. The van der Waals surface area contributed by atoms with Crippen molar-refractivity contribution in [3.8, 4) is 0 Å². The predicted molar refractivity (Wildman–Crippen MR) is 85.1 cm³/mol. The molecule has 2 rings (SSSR count). The quantitative estimate of drug-likeness (QED) is 0.638. The molecule has 0 aromatic heterocycles. The average molecular weight is 349 g/mol. The molecule has 0 spiro atoms. The second-order valence-electron chi connectivity index (χ2n) is 6.22. The zero-order chi connectivity index (χ0) is 17.2. The summed E-state index contributed by atoms with van der Waals surface area (Å²) in [6.07, 6.45) is -0.205. The molecule has 0 bridgehead atoms. The number of rotatable bonds is 4. The van der Waals surface area contributed by atoms with Gasteiger partial charge in [0.05, 0.1) is 19.3 Å². The van der Waals surface area contributed by atoms with Crippen molar-refractivity contribution >= 4 is 16.2 Å². The Morgan fingerprint density at radius 3 is 2.09 bits per heavy atom. The van der Waals surface area contributed by atoms with E-state index in [-0.39, 0.29) is 24.2 Å². The molecule has 3 atom stereocenters. The van der Waals surface area contributed by atoms with Gasteiger partial charge in [0.15, 0.2) is 0 Å². The molecule has 134 valence electrons. The van der Waals surface area contributed by atoms with Crippen LogP contribution in [0.25, 0.3) is 0 Å². The number of hydrogen-bond donors (Lipinski definition) is 0. The topological polar surface area (TPSA) is 79.4 Å². The van der Waals surface area contributed by atoms with Crippen molar-refractivity contribution in [1.29, 1.82) is 0 Å². The van der Waals surface area contributed by atoms with Crippen molar-refractivity contribution in [3.05, 3.63) is 0 Å². The lowest BCUT2D eigenvalue weighted by molar-refractivity contribution is -0.146. The van der Waals surface area contributed by atoms with Crippen LogP contribution in [0.1, 0.15) is 20.8 Å². The standard InChI is InChI=1S/C14H27N3O5S/c1-11-9-17(10-12(2)22-11)23(19,20)16-7-5-15(6-8-16)13(3)14(18)21-4/h11-13H,5-10H2,1-4H3/t11-,12+,13-/m0/s1. The van der Waals surface area contributed by atoms with E-state index in [4.69, 9.17) is 9.47 Å². The summed E-state index contributed by atoms with van der Waals surface area (Å²) in [7, 11) is -2.12. The monoisotopic (exact) mass is 349 g/mol. The van der Waals surface area contributed by atoms with E-state index < -0.39 is 10.2 Å². The van der Waals surface area contributed by atoms with Crippen LogP contribution >= 0.6 is 0 Å². The lowest BCUT2D eigenvalue weighted by atomic mass is 10.2. The second kappa shape index (κ2) is 7.43. The SMILES string of the molecule is COC(=O)[C@H](C)N1CCN(S(=O)(=O)N2C[C@@H](C)O[C@@H](C)C2)CC1. The maximum absolute atomic E-state index is 12.8. The van der Waals surface area contributed by atoms with Gasteiger partial charge in [0.1, 0.15) is 6.04 Å². The number of nitrogens with zero attached hydrogens (tertiary/aromatic N) is 3. The minimum Gasteiger partial charge on any atom is -0.468 e. The molecule has 0 saturated carbocycles. The van der Waals surface area contributed by atoms with Crippen LogP contribution in [0.15, 0.2) is 0 Å². The molecule has 9 heteroatoms. The van der Waals surface area contributed by atoms with E-state index in [1.165, 1.54) is 15.7 Å². The summed E-state index contributed by atoms with van der Waals surface area (Å²) in [6, 6.07) is -0.353. The lowest BCUT2D eigenvalue weighted by Crippen LogP contribution is -2.58. The van der Waals surface area contributed by atoms with Crippen LogP contribution in [-0.2, 0) is 24.5 Å². The Bertz CT molecular complexity index is 509. The Morgan fingerprint density at radius 1 is 1.09 bits per heavy atom. The molecular formula is C14H27N3O5S. The fourth-order valence-electron chi connectivity index (χ4n) is 3.12. The molecule has 2 fully saturated rings. The van der Waals surface area contributed by atoms with Gasteiger partial charge in [-0.2, -0.15) is 17.0 Å². The van der Waals surface area contributed by atoms with Crippen LogP contribution in [0.2, 0.25) is 0 Å². The van der Waals surface area contributed by atoms with Crippen molar-refractivity contribution in [2.75, 3.05) is 46.4 Å². The molecule has 0 aromatic carbocycles. The van der Waals surface area contributed by atoms with Crippen LogP contribution in [0.4, 0.5) is 0 Å². The minimum absolute atomic E-state index is 0.103. The van der Waals surface area contributed by atoms with Crippen LogP contribution in [0.5, 0.6) is 0 Å². The van der Waals surface area contributed by atoms with Crippen LogP contribution in [-0.4, -0.2) is 92.5 Å². The Morgan fingerprint density at radius 2 is 1.61 bits per heavy atom. The summed E-state index contributed by atoms with van der Waals surface area (Å²) in [6.45, 7) is 8.10. The Kier molecular flexibility index (Phi) is 6.01. The third kappa shape index (κ3) is 4.21. The first-order valence-corrected chi connectivity index (χ1v) is 9.38. The van der Waals surface area contributed by atoms with E-state index >= 15 is 0 Å². The van der Waals surface area contributed by atoms with Gasteiger partial charge in [-0.05, 0) is 20.8 Å². The number of morpholine rings is 1. The number of carbonyl (C=O) groups excluding carboxylic acids is 1.